The predicted molar refractivity (Wildman–Crippen MR) is 98.1 cm³/mol. The molecular weight excluding hydrogens is 362 g/mol. The summed E-state index contributed by atoms with van der Waals surface area (Å²) >= 11 is 6.22. The predicted octanol–water partition coefficient (Wildman–Crippen LogP) is 3.01. The first-order valence-electron chi connectivity index (χ1n) is 7.92. The summed E-state index contributed by atoms with van der Waals surface area (Å²) in [7, 11) is 0. The van der Waals surface area contributed by atoms with Crippen molar-refractivity contribution in [2.75, 3.05) is 6.61 Å². The van der Waals surface area contributed by atoms with Crippen molar-refractivity contribution in [3.8, 4) is 5.88 Å². The number of aromatic nitrogens is 2. The molecule has 3 N–H and O–H groups in total. The third kappa shape index (κ3) is 3.57. The number of aromatic amines is 2. The number of carbonyl (C=O) groups excluding carboxylic acids is 1. The number of ether oxygens (including phenoxy) is 1. The van der Waals surface area contributed by atoms with E-state index < -0.39 is 11.5 Å². The lowest BCUT2D eigenvalue weighted by Crippen LogP contribution is -2.13. The second-order valence-corrected chi connectivity index (χ2v) is 7.03. The molecule has 9 heteroatoms. The average Bonchev–Trinajstić information content (AvgIpc) is 2.92. The zero-order chi connectivity index (χ0) is 18.0. The van der Waals surface area contributed by atoms with E-state index in [2.05, 4.69) is 15.0 Å². The molecule has 0 saturated carbocycles. The van der Waals surface area contributed by atoms with Crippen LogP contribution in [0.2, 0.25) is 0 Å². The fourth-order valence-electron chi connectivity index (χ4n) is 2.78. The Labute approximate surface area is 152 Å². The summed E-state index contributed by atoms with van der Waals surface area (Å²) in [6.45, 7) is 2.03. The largest absolute Gasteiger partial charge is 0.494 e. The zero-order valence-corrected chi connectivity index (χ0v) is 15.2. The first-order valence-corrected chi connectivity index (χ1v) is 9.15. The number of hydrogen-bond donors (Lipinski definition) is 3. The summed E-state index contributed by atoms with van der Waals surface area (Å²) < 4.78 is 5.19. The maximum absolute atomic E-state index is 12.4. The van der Waals surface area contributed by atoms with Crippen LogP contribution in [0.5, 0.6) is 5.88 Å². The van der Waals surface area contributed by atoms with Crippen LogP contribution in [0.15, 0.2) is 9.79 Å². The summed E-state index contributed by atoms with van der Waals surface area (Å²) in [6.07, 6.45) is 5.06. The van der Waals surface area contributed by atoms with Gasteiger partial charge in [0.1, 0.15) is 10.6 Å². The van der Waals surface area contributed by atoms with Crippen LogP contribution in [-0.2, 0) is 17.6 Å². The molecule has 0 fully saturated rings. The summed E-state index contributed by atoms with van der Waals surface area (Å²) in [6, 6.07) is 0. The van der Waals surface area contributed by atoms with Crippen LogP contribution < -0.4 is 5.56 Å². The van der Waals surface area contributed by atoms with Crippen molar-refractivity contribution in [1.29, 1.82) is 0 Å². The highest BCUT2D eigenvalue weighted by Crippen LogP contribution is 2.40. The highest BCUT2D eigenvalue weighted by Gasteiger charge is 2.26. The van der Waals surface area contributed by atoms with Gasteiger partial charge in [0.15, 0.2) is 4.77 Å². The summed E-state index contributed by atoms with van der Waals surface area (Å²) in [4.78, 5) is 34.5. The molecule has 25 heavy (non-hydrogen) atoms. The van der Waals surface area contributed by atoms with Gasteiger partial charge in [-0.1, -0.05) is 0 Å². The first-order chi connectivity index (χ1) is 12.0. The van der Waals surface area contributed by atoms with Gasteiger partial charge in [0.05, 0.1) is 12.2 Å². The van der Waals surface area contributed by atoms with Crippen molar-refractivity contribution < 1.29 is 14.6 Å². The Morgan fingerprint density at radius 2 is 2.16 bits per heavy atom. The second kappa shape index (κ2) is 7.32. The molecule has 132 valence electrons. The number of aliphatic imine (C=N–C) groups is 1. The van der Waals surface area contributed by atoms with Gasteiger partial charge >= 0.3 is 5.97 Å². The lowest BCUT2D eigenvalue weighted by atomic mass is 9.95. The van der Waals surface area contributed by atoms with Gasteiger partial charge < -0.3 is 14.8 Å². The first kappa shape index (κ1) is 17.6. The molecule has 2 aromatic rings. The molecule has 0 aromatic carbocycles. The maximum Gasteiger partial charge on any atom is 0.341 e. The fraction of sp³-hybridized carbons (Fsp3) is 0.375. The molecule has 0 unspecified atom stereocenters. The Balaban J connectivity index is 2.05. The number of carbonyl (C=O) groups is 1. The zero-order valence-electron chi connectivity index (χ0n) is 13.5. The van der Waals surface area contributed by atoms with E-state index in [0.29, 0.717) is 10.6 Å². The lowest BCUT2D eigenvalue weighted by molar-refractivity contribution is 0.0526. The standard InChI is InChI=1S/C16H17N3O4S2/c1-2-23-15(22)11-8-5-3-4-6-10(8)25-14(11)17-7-9-12(20)18-16(24)19-13(9)21/h7H,2-6H2,1H3,(H3,18,19,20,21,24)/b17-7+. The monoisotopic (exact) mass is 379 g/mol. The number of rotatable bonds is 4. The molecular formula is C16H17N3O4S2. The third-order valence-electron chi connectivity index (χ3n) is 3.90. The molecule has 0 amide bonds. The van der Waals surface area contributed by atoms with E-state index in [-0.39, 0.29) is 22.8 Å². The second-order valence-electron chi connectivity index (χ2n) is 5.54. The number of fused-ring (bicyclic) bond motifs is 1. The molecule has 1 aliphatic carbocycles. The van der Waals surface area contributed by atoms with E-state index in [4.69, 9.17) is 17.0 Å². The molecule has 0 spiro atoms. The van der Waals surface area contributed by atoms with Crippen LogP contribution in [0.3, 0.4) is 0 Å². The van der Waals surface area contributed by atoms with Crippen LogP contribution >= 0.6 is 23.6 Å². The highest BCUT2D eigenvalue weighted by molar-refractivity contribution is 7.71. The Kier molecular flexibility index (Phi) is 5.14. The normalized spacial score (nSPS) is 13.8. The summed E-state index contributed by atoms with van der Waals surface area (Å²) in [5.74, 6) is -0.767. The molecule has 2 aromatic heterocycles. The van der Waals surface area contributed by atoms with Gasteiger partial charge in [-0.05, 0) is 50.4 Å². The van der Waals surface area contributed by atoms with Crippen molar-refractivity contribution in [1.82, 2.24) is 9.97 Å². The van der Waals surface area contributed by atoms with Crippen molar-refractivity contribution in [2.45, 2.75) is 32.6 Å². The van der Waals surface area contributed by atoms with Gasteiger partial charge in [0.25, 0.3) is 5.56 Å². The van der Waals surface area contributed by atoms with Crippen LogP contribution in [0.4, 0.5) is 5.00 Å². The molecule has 3 rings (SSSR count). The van der Waals surface area contributed by atoms with Crippen molar-refractivity contribution in [2.24, 2.45) is 4.99 Å². The topological polar surface area (TPSA) is 108 Å². The fourth-order valence-corrected chi connectivity index (χ4v) is 4.19. The van der Waals surface area contributed by atoms with E-state index in [1.807, 2.05) is 0 Å². The van der Waals surface area contributed by atoms with E-state index >= 15 is 0 Å². The summed E-state index contributed by atoms with van der Waals surface area (Å²) in [5, 5.41) is 10.3. The van der Waals surface area contributed by atoms with Gasteiger partial charge in [0.2, 0.25) is 5.88 Å². The van der Waals surface area contributed by atoms with Crippen LogP contribution in [0, 0.1) is 4.77 Å². The van der Waals surface area contributed by atoms with Gasteiger partial charge in [-0.15, -0.1) is 11.3 Å². The van der Waals surface area contributed by atoms with Crippen LogP contribution in [0.1, 0.15) is 46.1 Å². The third-order valence-corrected chi connectivity index (χ3v) is 5.31. The Hall–Kier alpha value is -2.26. The number of aromatic hydroxyl groups is 1. The molecule has 7 nitrogen and oxygen atoms in total. The lowest BCUT2D eigenvalue weighted by Gasteiger charge is -2.11. The van der Waals surface area contributed by atoms with E-state index in [1.54, 1.807) is 6.92 Å². The number of aryl methyl sites for hydroxylation is 1. The van der Waals surface area contributed by atoms with Gasteiger partial charge in [0, 0.05) is 11.1 Å². The van der Waals surface area contributed by atoms with Crippen LogP contribution in [-0.4, -0.2) is 33.9 Å². The molecule has 2 heterocycles. The minimum Gasteiger partial charge on any atom is -0.494 e. The van der Waals surface area contributed by atoms with Gasteiger partial charge in [-0.2, -0.15) is 0 Å². The SMILES string of the molecule is CCOC(=O)c1c(/N=C/c2c(O)[nH]c(=S)[nH]c2=O)sc2c1CCCC2. The summed E-state index contributed by atoms with van der Waals surface area (Å²) in [5.41, 5.74) is 0.865. The van der Waals surface area contributed by atoms with E-state index in [9.17, 15) is 14.7 Å². The molecule has 0 saturated heterocycles. The highest BCUT2D eigenvalue weighted by atomic mass is 32.1. The van der Waals surface area contributed by atoms with Gasteiger partial charge in [-0.25, -0.2) is 9.79 Å². The molecule has 0 bridgehead atoms. The Morgan fingerprint density at radius 3 is 2.88 bits per heavy atom. The molecule has 0 aliphatic heterocycles. The quantitative estimate of drug-likeness (QED) is 0.430. The number of H-pyrrole nitrogens is 2. The number of nitrogens with one attached hydrogen (secondary N) is 2. The molecule has 0 radical (unpaired) electrons. The van der Waals surface area contributed by atoms with Crippen molar-refractivity contribution >= 4 is 40.7 Å². The Bertz CT molecular complexity index is 955. The molecule has 0 atom stereocenters. The van der Waals surface area contributed by atoms with Crippen molar-refractivity contribution in [3.05, 3.63) is 36.7 Å². The minimum atomic E-state index is -0.552. The minimum absolute atomic E-state index is 0.0263. The van der Waals surface area contributed by atoms with Gasteiger partial charge in [-0.3, -0.25) is 9.78 Å². The van der Waals surface area contributed by atoms with E-state index in [1.165, 1.54) is 17.6 Å². The number of nitrogens with zero attached hydrogens (tertiary/aromatic N) is 1. The van der Waals surface area contributed by atoms with Crippen LogP contribution in [0.25, 0.3) is 0 Å². The number of hydrogen-bond acceptors (Lipinski definition) is 7. The smallest absolute Gasteiger partial charge is 0.341 e. The number of thiophene rings is 1. The van der Waals surface area contributed by atoms with E-state index in [0.717, 1.165) is 36.1 Å². The maximum atomic E-state index is 12.4. The van der Waals surface area contributed by atoms with Crippen molar-refractivity contribution in [3.63, 3.8) is 0 Å². The average molecular weight is 379 g/mol. The molecule has 1 aliphatic rings. The number of esters is 1. The Morgan fingerprint density at radius 1 is 1.40 bits per heavy atom.